The van der Waals surface area contributed by atoms with Gasteiger partial charge < -0.3 is 5.32 Å². The van der Waals surface area contributed by atoms with Crippen molar-refractivity contribution in [1.82, 2.24) is 10.3 Å². The highest BCUT2D eigenvalue weighted by molar-refractivity contribution is 7.11. The summed E-state index contributed by atoms with van der Waals surface area (Å²) in [6.07, 6.45) is 2.86. The second-order valence-electron chi connectivity index (χ2n) is 5.51. The topological polar surface area (TPSA) is 24.9 Å². The Morgan fingerprint density at radius 1 is 1.24 bits per heavy atom. The van der Waals surface area contributed by atoms with Crippen molar-refractivity contribution in [1.29, 1.82) is 0 Å². The second-order valence-corrected chi connectivity index (χ2v) is 6.62. The molecule has 1 fully saturated rings. The van der Waals surface area contributed by atoms with E-state index in [1.165, 1.54) is 17.0 Å². The number of benzene rings is 1. The highest BCUT2D eigenvalue weighted by Crippen LogP contribution is 2.33. The van der Waals surface area contributed by atoms with Crippen molar-refractivity contribution < 1.29 is 8.78 Å². The van der Waals surface area contributed by atoms with Gasteiger partial charge in [0.15, 0.2) is 11.6 Å². The predicted octanol–water partition coefficient (Wildman–Crippen LogP) is 3.79. The zero-order valence-corrected chi connectivity index (χ0v) is 12.8. The van der Waals surface area contributed by atoms with Crippen molar-refractivity contribution in [3.05, 3.63) is 51.0 Å². The fourth-order valence-corrected chi connectivity index (χ4v) is 4.10. The molecule has 0 atom stereocenters. The lowest BCUT2D eigenvalue weighted by Crippen LogP contribution is -2.26. The Bertz CT molecular complexity index is 633. The number of aromatic nitrogens is 1. The summed E-state index contributed by atoms with van der Waals surface area (Å²) >= 11 is 1.72. The third kappa shape index (κ3) is 3.30. The van der Waals surface area contributed by atoms with Gasteiger partial charge in [-0.25, -0.2) is 13.8 Å². The molecule has 1 aliphatic heterocycles. The number of hydrogen-bond donors (Lipinski definition) is 1. The van der Waals surface area contributed by atoms with Gasteiger partial charge in [0.25, 0.3) is 0 Å². The Labute approximate surface area is 127 Å². The van der Waals surface area contributed by atoms with Gasteiger partial charge in [-0.3, -0.25) is 0 Å². The van der Waals surface area contributed by atoms with Crippen molar-refractivity contribution in [3.63, 3.8) is 0 Å². The van der Waals surface area contributed by atoms with Gasteiger partial charge in [-0.1, -0.05) is 6.07 Å². The lowest BCUT2D eigenvalue weighted by Gasteiger charge is -2.21. The monoisotopic (exact) mass is 308 g/mol. The molecule has 0 spiro atoms. The van der Waals surface area contributed by atoms with Crippen molar-refractivity contribution in [2.75, 3.05) is 13.1 Å². The molecule has 1 saturated heterocycles. The van der Waals surface area contributed by atoms with Gasteiger partial charge in [-0.15, -0.1) is 11.3 Å². The molecule has 0 radical (unpaired) electrons. The molecule has 5 heteroatoms. The highest BCUT2D eigenvalue weighted by Gasteiger charge is 2.20. The van der Waals surface area contributed by atoms with E-state index in [4.69, 9.17) is 0 Å². The van der Waals surface area contributed by atoms with Gasteiger partial charge in [0.05, 0.1) is 10.7 Å². The van der Waals surface area contributed by atoms with E-state index < -0.39 is 11.6 Å². The van der Waals surface area contributed by atoms with E-state index in [1.807, 2.05) is 6.92 Å². The predicted molar refractivity (Wildman–Crippen MR) is 80.9 cm³/mol. The number of nitrogens with zero attached hydrogens (tertiary/aromatic N) is 1. The maximum Gasteiger partial charge on any atom is 0.159 e. The maximum atomic E-state index is 13.3. The summed E-state index contributed by atoms with van der Waals surface area (Å²) in [6, 6.07) is 4.06. The van der Waals surface area contributed by atoms with Crippen LogP contribution in [-0.2, 0) is 6.42 Å². The normalized spacial score (nSPS) is 16.3. The van der Waals surface area contributed by atoms with E-state index in [-0.39, 0.29) is 0 Å². The lowest BCUT2D eigenvalue weighted by atomic mass is 9.96. The molecule has 0 amide bonds. The molecule has 2 heterocycles. The average Bonchev–Trinajstić information content (AvgIpc) is 2.84. The molecular formula is C16H18F2N2S. The molecule has 0 saturated carbocycles. The van der Waals surface area contributed by atoms with Crippen molar-refractivity contribution in [2.45, 2.75) is 32.1 Å². The SMILES string of the molecule is Cc1nc(Cc2ccc(F)c(F)c2)sc1C1CCNCC1. The molecule has 1 aliphatic rings. The van der Waals surface area contributed by atoms with E-state index in [0.29, 0.717) is 12.3 Å². The summed E-state index contributed by atoms with van der Waals surface area (Å²) in [5, 5.41) is 4.35. The van der Waals surface area contributed by atoms with Gasteiger partial charge in [-0.05, 0) is 56.5 Å². The molecule has 0 bridgehead atoms. The van der Waals surface area contributed by atoms with Crippen LogP contribution in [0.4, 0.5) is 8.78 Å². The molecular weight excluding hydrogens is 290 g/mol. The van der Waals surface area contributed by atoms with E-state index in [0.717, 1.165) is 42.2 Å². The van der Waals surface area contributed by atoms with E-state index >= 15 is 0 Å². The Balaban J connectivity index is 1.78. The van der Waals surface area contributed by atoms with Gasteiger partial charge in [-0.2, -0.15) is 0 Å². The third-order valence-electron chi connectivity index (χ3n) is 3.93. The highest BCUT2D eigenvalue weighted by atomic mass is 32.1. The summed E-state index contributed by atoms with van der Waals surface area (Å²) in [5.41, 5.74) is 1.85. The van der Waals surface area contributed by atoms with Gasteiger partial charge in [0.1, 0.15) is 0 Å². The zero-order valence-electron chi connectivity index (χ0n) is 12.0. The standard InChI is InChI=1S/C16H18F2N2S/c1-10-16(12-4-6-19-7-5-12)21-15(20-10)9-11-2-3-13(17)14(18)8-11/h2-3,8,12,19H,4-7,9H2,1H3. The van der Waals surface area contributed by atoms with Crippen LogP contribution in [0.25, 0.3) is 0 Å². The molecule has 3 rings (SSSR count). The molecule has 21 heavy (non-hydrogen) atoms. The summed E-state index contributed by atoms with van der Waals surface area (Å²) in [7, 11) is 0. The van der Waals surface area contributed by atoms with Crippen LogP contribution >= 0.6 is 11.3 Å². The maximum absolute atomic E-state index is 13.3. The van der Waals surface area contributed by atoms with Crippen LogP contribution in [0.15, 0.2) is 18.2 Å². The Hall–Kier alpha value is -1.33. The molecule has 0 aliphatic carbocycles. The fraction of sp³-hybridized carbons (Fsp3) is 0.438. The molecule has 2 nitrogen and oxygen atoms in total. The van der Waals surface area contributed by atoms with Crippen molar-refractivity contribution in [2.24, 2.45) is 0 Å². The van der Waals surface area contributed by atoms with Crippen LogP contribution in [0.3, 0.4) is 0 Å². The zero-order chi connectivity index (χ0) is 14.8. The van der Waals surface area contributed by atoms with Crippen molar-refractivity contribution in [3.8, 4) is 0 Å². The molecule has 1 aromatic carbocycles. The quantitative estimate of drug-likeness (QED) is 0.933. The smallest absolute Gasteiger partial charge is 0.159 e. The van der Waals surface area contributed by atoms with E-state index in [2.05, 4.69) is 10.3 Å². The van der Waals surface area contributed by atoms with Crippen LogP contribution in [-0.4, -0.2) is 18.1 Å². The largest absolute Gasteiger partial charge is 0.317 e. The van der Waals surface area contributed by atoms with E-state index in [1.54, 1.807) is 17.4 Å². The van der Waals surface area contributed by atoms with Gasteiger partial charge >= 0.3 is 0 Å². The van der Waals surface area contributed by atoms with Gasteiger partial charge in [0, 0.05) is 11.3 Å². The number of thiazole rings is 1. The van der Waals surface area contributed by atoms with Crippen LogP contribution < -0.4 is 5.32 Å². The first-order chi connectivity index (χ1) is 10.1. The first-order valence-corrected chi connectivity index (χ1v) is 8.06. The van der Waals surface area contributed by atoms with E-state index in [9.17, 15) is 8.78 Å². The summed E-state index contributed by atoms with van der Waals surface area (Å²) in [4.78, 5) is 5.97. The number of hydrogen-bond acceptors (Lipinski definition) is 3. The average molecular weight is 308 g/mol. The fourth-order valence-electron chi connectivity index (χ4n) is 2.83. The van der Waals surface area contributed by atoms with Crippen LogP contribution in [0.5, 0.6) is 0 Å². The number of aryl methyl sites for hydroxylation is 1. The molecule has 112 valence electrons. The molecule has 1 aromatic heterocycles. The van der Waals surface area contributed by atoms with Crippen LogP contribution in [0.2, 0.25) is 0 Å². The van der Waals surface area contributed by atoms with Crippen molar-refractivity contribution >= 4 is 11.3 Å². The lowest BCUT2D eigenvalue weighted by molar-refractivity contribution is 0.463. The minimum absolute atomic E-state index is 0.563. The van der Waals surface area contributed by atoms with Gasteiger partial charge in [0.2, 0.25) is 0 Å². The third-order valence-corrected chi connectivity index (χ3v) is 5.25. The summed E-state index contributed by atoms with van der Waals surface area (Å²) in [5.74, 6) is -1.01. The van der Waals surface area contributed by atoms with Crippen LogP contribution in [0, 0.1) is 18.6 Å². The Kier molecular flexibility index (Phi) is 4.31. The minimum Gasteiger partial charge on any atom is -0.317 e. The summed E-state index contributed by atoms with van der Waals surface area (Å²) < 4.78 is 26.2. The molecule has 2 aromatic rings. The number of piperidine rings is 1. The molecule has 0 unspecified atom stereocenters. The Morgan fingerprint density at radius 3 is 2.71 bits per heavy atom. The van der Waals surface area contributed by atoms with Crippen LogP contribution in [0.1, 0.15) is 39.9 Å². The molecule has 1 N–H and O–H groups in total. The first kappa shape index (κ1) is 14.6. The number of rotatable bonds is 3. The number of nitrogens with one attached hydrogen (secondary N) is 1. The first-order valence-electron chi connectivity index (χ1n) is 7.24. The Morgan fingerprint density at radius 2 is 2.00 bits per heavy atom. The second kappa shape index (κ2) is 6.20. The minimum atomic E-state index is -0.801. The summed E-state index contributed by atoms with van der Waals surface area (Å²) in [6.45, 7) is 4.16. The number of halogens is 2.